The largest absolute Gasteiger partial charge is 0.508 e. The van der Waals surface area contributed by atoms with Crippen LogP contribution in [-0.2, 0) is 0 Å². The molecular formula is C26H31NO3S. The number of rotatable bonds is 8. The predicted octanol–water partition coefficient (Wildman–Crippen LogP) is 6.22. The van der Waals surface area contributed by atoms with Gasteiger partial charge >= 0.3 is 0 Å². The number of carbonyl (C=O) groups excluding carboxylic acids is 1. The zero-order valence-electron chi connectivity index (χ0n) is 18.4. The van der Waals surface area contributed by atoms with Crippen LogP contribution in [0, 0.1) is 0 Å². The first-order chi connectivity index (χ1) is 15.0. The van der Waals surface area contributed by atoms with E-state index in [-0.39, 0.29) is 17.5 Å². The summed E-state index contributed by atoms with van der Waals surface area (Å²) < 4.78 is 6.85. The minimum Gasteiger partial charge on any atom is -0.508 e. The van der Waals surface area contributed by atoms with Gasteiger partial charge in [-0.3, -0.25) is 4.79 Å². The molecule has 2 aromatic carbocycles. The number of likely N-dealkylation sites (tertiary alicyclic amines) is 1. The monoisotopic (exact) mass is 437 g/mol. The van der Waals surface area contributed by atoms with Crippen molar-refractivity contribution in [3.05, 3.63) is 58.5 Å². The van der Waals surface area contributed by atoms with E-state index in [9.17, 15) is 9.90 Å². The number of benzene rings is 2. The van der Waals surface area contributed by atoms with Crippen LogP contribution in [0.1, 0.15) is 66.2 Å². The number of nitrogens with zero attached hydrogens (tertiary/aromatic N) is 1. The van der Waals surface area contributed by atoms with E-state index in [4.69, 9.17) is 4.74 Å². The highest BCUT2D eigenvalue weighted by Crippen LogP contribution is 2.38. The molecule has 1 fully saturated rings. The second kappa shape index (κ2) is 9.84. The van der Waals surface area contributed by atoms with Crippen molar-refractivity contribution in [2.45, 2.75) is 45.4 Å². The number of thiophene rings is 1. The molecule has 4 nitrogen and oxygen atoms in total. The zero-order valence-corrected chi connectivity index (χ0v) is 19.2. The van der Waals surface area contributed by atoms with Gasteiger partial charge in [0.2, 0.25) is 0 Å². The average molecular weight is 438 g/mol. The van der Waals surface area contributed by atoms with Gasteiger partial charge in [-0.15, -0.1) is 11.3 Å². The second-order valence-corrected chi connectivity index (χ2v) is 9.72. The highest BCUT2D eigenvalue weighted by Gasteiger charge is 2.22. The van der Waals surface area contributed by atoms with Gasteiger partial charge < -0.3 is 14.7 Å². The number of phenolic OH excluding ortho intramolecular Hbond substituents is 1. The molecule has 0 aliphatic carbocycles. The summed E-state index contributed by atoms with van der Waals surface area (Å²) in [5.41, 5.74) is 1.42. The third-order valence-electron chi connectivity index (χ3n) is 5.90. The van der Waals surface area contributed by atoms with Crippen LogP contribution < -0.4 is 4.74 Å². The first-order valence-electron chi connectivity index (χ1n) is 11.3. The van der Waals surface area contributed by atoms with Gasteiger partial charge in [-0.1, -0.05) is 20.3 Å². The summed E-state index contributed by atoms with van der Waals surface area (Å²) in [4.78, 5) is 17.0. The summed E-state index contributed by atoms with van der Waals surface area (Å²) >= 11 is 1.59. The van der Waals surface area contributed by atoms with Gasteiger partial charge in [-0.25, -0.2) is 0 Å². The molecule has 164 valence electrons. The smallest absolute Gasteiger partial charge is 0.194 e. The van der Waals surface area contributed by atoms with E-state index in [2.05, 4.69) is 18.7 Å². The number of ketones is 1. The molecule has 0 atom stereocenters. The fourth-order valence-electron chi connectivity index (χ4n) is 4.25. The maximum atomic E-state index is 13.4. The standard InChI is InChI=1S/C26H31NO3S/c1-18(2)26-24(22-12-9-20(28)17-23(22)31-26)25(29)19-7-10-21(11-8-19)30-16-6-15-27-13-4-3-5-14-27/h7-12,17-18,28H,3-6,13-16H2,1-2H3. The molecule has 1 aromatic heterocycles. The summed E-state index contributed by atoms with van der Waals surface area (Å²) in [6.07, 6.45) is 5.01. The van der Waals surface area contributed by atoms with Crippen LogP contribution in [0.3, 0.4) is 0 Å². The fourth-order valence-corrected chi connectivity index (χ4v) is 5.49. The number of aromatic hydroxyl groups is 1. The van der Waals surface area contributed by atoms with E-state index in [0.29, 0.717) is 12.2 Å². The van der Waals surface area contributed by atoms with Crippen molar-refractivity contribution in [2.75, 3.05) is 26.2 Å². The molecule has 1 aliphatic rings. The highest BCUT2D eigenvalue weighted by atomic mass is 32.1. The first kappa shape index (κ1) is 21.8. The van der Waals surface area contributed by atoms with Gasteiger partial charge in [0, 0.05) is 32.6 Å². The quantitative estimate of drug-likeness (QED) is 0.336. The first-order valence-corrected chi connectivity index (χ1v) is 12.1. The molecule has 0 spiro atoms. The molecule has 1 aliphatic heterocycles. The van der Waals surface area contributed by atoms with Gasteiger partial charge in [0.15, 0.2) is 5.78 Å². The van der Waals surface area contributed by atoms with Crippen LogP contribution in [0.2, 0.25) is 0 Å². The molecule has 3 aromatic rings. The number of hydrogen-bond donors (Lipinski definition) is 1. The highest BCUT2D eigenvalue weighted by molar-refractivity contribution is 7.19. The van der Waals surface area contributed by atoms with Crippen molar-refractivity contribution >= 4 is 27.2 Å². The lowest BCUT2D eigenvalue weighted by atomic mass is 9.96. The van der Waals surface area contributed by atoms with Crippen LogP contribution in [-0.4, -0.2) is 42.0 Å². The van der Waals surface area contributed by atoms with Gasteiger partial charge in [-0.2, -0.15) is 0 Å². The Hall–Kier alpha value is -2.37. The maximum absolute atomic E-state index is 13.4. The average Bonchev–Trinajstić information content (AvgIpc) is 3.16. The summed E-state index contributed by atoms with van der Waals surface area (Å²) in [7, 11) is 0. The summed E-state index contributed by atoms with van der Waals surface area (Å²) in [6.45, 7) is 8.41. The maximum Gasteiger partial charge on any atom is 0.194 e. The van der Waals surface area contributed by atoms with Crippen molar-refractivity contribution in [3.8, 4) is 11.5 Å². The predicted molar refractivity (Wildman–Crippen MR) is 128 cm³/mol. The number of carbonyl (C=O) groups is 1. The SMILES string of the molecule is CC(C)c1sc2cc(O)ccc2c1C(=O)c1ccc(OCCCN2CCCCC2)cc1. The van der Waals surface area contributed by atoms with Crippen LogP contribution in [0.25, 0.3) is 10.1 Å². The Balaban J connectivity index is 1.43. The molecule has 2 heterocycles. The summed E-state index contributed by atoms with van der Waals surface area (Å²) in [5, 5.41) is 10.7. The van der Waals surface area contributed by atoms with Crippen molar-refractivity contribution in [1.82, 2.24) is 4.90 Å². The number of piperidine rings is 1. The molecule has 1 saturated heterocycles. The molecule has 1 N–H and O–H groups in total. The Morgan fingerprint density at radius 2 is 1.84 bits per heavy atom. The minimum atomic E-state index is 0.0253. The van der Waals surface area contributed by atoms with Gasteiger partial charge in [0.1, 0.15) is 11.5 Å². The van der Waals surface area contributed by atoms with E-state index in [0.717, 1.165) is 39.2 Å². The Bertz CT molecular complexity index is 1030. The number of ether oxygens (including phenoxy) is 1. The van der Waals surface area contributed by atoms with Crippen molar-refractivity contribution in [2.24, 2.45) is 0 Å². The van der Waals surface area contributed by atoms with Crippen molar-refractivity contribution in [1.29, 1.82) is 0 Å². The Morgan fingerprint density at radius 1 is 1.10 bits per heavy atom. The minimum absolute atomic E-state index is 0.0253. The normalized spacial score (nSPS) is 14.9. The van der Waals surface area contributed by atoms with Gasteiger partial charge in [-0.05, 0) is 80.7 Å². The Labute approximate surface area is 188 Å². The molecule has 31 heavy (non-hydrogen) atoms. The lowest BCUT2D eigenvalue weighted by Crippen LogP contribution is -2.31. The van der Waals surface area contributed by atoms with Gasteiger partial charge in [0.05, 0.1) is 6.61 Å². The van der Waals surface area contributed by atoms with E-state index >= 15 is 0 Å². The van der Waals surface area contributed by atoms with Crippen molar-refractivity contribution < 1.29 is 14.6 Å². The Morgan fingerprint density at radius 3 is 2.55 bits per heavy atom. The Kier molecular flexibility index (Phi) is 6.93. The number of hydrogen-bond acceptors (Lipinski definition) is 5. The second-order valence-electron chi connectivity index (χ2n) is 8.63. The van der Waals surface area contributed by atoms with E-state index < -0.39 is 0 Å². The van der Waals surface area contributed by atoms with E-state index in [1.165, 1.54) is 32.4 Å². The molecule has 4 rings (SSSR count). The van der Waals surface area contributed by atoms with E-state index in [1.807, 2.05) is 30.3 Å². The third-order valence-corrected chi connectivity index (χ3v) is 7.36. The third kappa shape index (κ3) is 5.10. The fraction of sp³-hybridized carbons (Fsp3) is 0.423. The van der Waals surface area contributed by atoms with Crippen molar-refractivity contribution in [3.63, 3.8) is 0 Å². The molecule has 5 heteroatoms. The molecule has 0 radical (unpaired) electrons. The summed E-state index contributed by atoms with van der Waals surface area (Å²) in [6, 6.07) is 12.7. The lowest BCUT2D eigenvalue weighted by molar-refractivity contribution is 0.103. The van der Waals surface area contributed by atoms with Crippen LogP contribution in [0.15, 0.2) is 42.5 Å². The topological polar surface area (TPSA) is 49.8 Å². The van der Waals surface area contributed by atoms with Crippen LogP contribution in [0.5, 0.6) is 11.5 Å². The number of phenols is 1. The van der Waals surface area contributed by atoms with E-state index in [1.54, 1.807) is 23.5 Å². The summed E-state index contributed by atoms with van der Waals surface area (Å²) in [5.74, 6) is 1.29. The van der Waals surface area contributed by atoms with Crippen LogP contribution >= 0.6 is 11.3 Å². The number of fused-ring (bicyclic) bond motifs is 1. The molecule has 0 bridgehead atoms. The molecule has 0 saturated carbocycles. The lowest BCUT2D eigenvalue weighted by Gasteiger charge is -2.26. The molecular weight excluding hydrogens is 406 g/mol. The van der Waals surface area contributed by atoms with Gasteiger partial charge in [0.25, 0.3) is 0 Å². The zero-order chi connectivity index (χ0) is 21.8. The van der Waals surface area contributed by atoms with Crippen LogP contribution in [0.4, 0.5) is 0 Å². The molecule has 0 amide bonds. The molecule has 0 unspecified atom stereocenters.